The molecular formula is C19H25BrClN3O. The summed E-state index contributed by atoms with van der Waals surface area (Å²) in [6.45, 7) is 7.17. The summed E-state index contributed by atoms with van der Waals surface area (Å²) in [5.41, 5.74) is 3.85. The standard InChI is InChI=1S/C19H24BrN3O.ClH/c1-12-10-15(8-9-21-12)22-19(24)16-11-13(2)23(14(16)3)18-7-5-4-6-17(18)20;/h4-7,11-12,15,21H,8-10H2,1-3H3,(H,22,24);1H. The molecule has 1 amide bonds. The second kappa shape index (κ2) is 8.39. The maximum Gasteiger partial charge on any atom is 0.253 e. The molecule has 1 fully saturated rings. The number of carbonyl (C=O) groups excluding carboxylic acids is 1. The minimum atomic E-state index is 0. The Bertz CT molecular complexity index is 759. The molecule has 25 heavy (non-hydrogen) atoms. The molecule has 1 aromatic heterocycles. The molecule has 136 valence electrons. The van der Waals surface area contributed by atoms with Crippen LogP contribution in [0.15, 0.2) is 34.8 Å². The summed E-state index contributed by atoms with van der Waals surface area (Å²) in [6.07, 6.45) is 1.97. The topological polar surface area (TPSA) is 46.1 Å². The fourth-order valence-electron chi connectivity index (χ4n) is 3.52. The number of amides is 1. The molecule has 1 aliphatic heterocycles. The van der Waals surface area contributed by atoms with E-state index >= 15 is 0 Å². The highest BCUT2D eigenvalue weighted by Crippen LogP contribution is 2.26. The third kappa shape index (κ3) is 4.27. The summed E-state index contributed by atoms with van der Waals surface area (Å²) in [5, 5.41) is 6.63. The first-order valence-electron chi connectivity index (χ1n) is 8.45. The highest BCUT2D eigenvalue weighted by atomic mass is 79.9. The highest BCUT2D eigenvalue weighted by molar-refractivity contribution is 9.10. The van der Waals surface area contributed by atoms with Gasteiger partial charge in [0.15, 0.2) is 0 Å². The number of para-hydroxylation sites is 1. The Morgan fingerprint density at radius 1 is 1.32 bits per heavy atom. The van der Waals surface area contributed by atoms with Gasteiger partial charge in [-0.25, -0.2) is 0 Å². The average Bonchev–Trinajstić information content (AvgIpc) is 2.83. The molecule has 0 spiro atoms. The summed E-state index contributed by atoms with van der Waals surface area (Å²) in [6, 6.07) is 10.8. The lowest BCUT2D eigenvalue weighted by atomic mass is 10.0. The number of rotatable bonds is 3. The van der Waals surface area contributed by atoms with Crippen molar-refractivity contribution in [1.29, 1.82) is 0 Å². The Morgan fingerprint density at radius 2 is 2.04 bits per heavy atom. The molecule has 2 atom stereocenters. The van der Waals surface area contributed by atoms with E-state index in [1.165, 1.54) is 0 Å². The molecule has 1 aliphatic rings. The first-order valence-corrected chi connectivity index (χ1v) is 9.24. The van der Waals surface area contributed by atoms with Crippen LogP contribution in [0.4, 0.5) is 0 Å². The lowest BCUT2D eigenvalue weighted by Crippen LogP contribution is -2.46. The molecule has 2 heterocycles. The smallest absolute Gasteiger partial charge is 0.253 e. The Labute approximate surface area is 163 Å². The molecule has 6 heteroatoms. The summed E-state index contributed by atoms with van der Waals surface area (Å²) in [4.78, 5) is 12.8. The molecule has 0 radical (unpaired) electrons. The number of aromatic nitrogens is 1. The van der Waals surface area contributed by atoms with E-state index < -0.39 is 0 Å². The lowest BCUT2D eigenvalue weighted by Gasteiger charge is -2.28. The zero-order chi connectivity index (χ0) is 17.3. The highest BCUT2D eigenvalue weighted by Gasteiger charge is 2.23. The van der Waals surface area contributed by atoms with E-state index in [1.807, 2.05) is 38.1 Å². The van der Waals surface area contributed by atoms with Gasteiger partial charge in [-0.1, -0.05) is 12.1 Å². The average molecular weight is 427 g/mol. The van der Waals surface area contributed by atoms with Crippen molar-refractivity contribution in [1.82, 2.24) is 15.2 Å². The van der Waals surface area contributed by atoms with Gasteiger partial charge in [0.25, 0.3) is 5.91 Å². The van der Waals surface area contributed by atoms with Crippen molar-refractivity contribution in [2.75, 3.05) is 6.54 Å². The zero-order valence-electron chi connectivity index (χ0n) is 14.8. The van der Waals surface area contributed by atoms with Crippen LogP contribution in [0.5, 0.6) is 0 Å². The number of hydrogen-bond donors (Lipinski definition) is 2. The van der Waals surface area contributed by atoms with E-state index in [0.717, 1.165) is 46.5 Å². The van der Waals surface area contributed by atoms with Crippen LogP contribution >= 0.6 is 28.3 Å². The van der Waals surface area contributed by atoms with Crippen LogP contribution in [-0.4, -0.2) is 29.1 Å². The van der Waals surface area contributed by atoms with Crippen molar-refractivity contribution < 1.29 is 4.79 Å². The van der Waals surface area contributed by atoms with Gasteiger partial charge in [-0.2, -0.15) is 0 Å². The van der Waals surface area contributed by atoms with E-state index in [1.54, 1.807) is 0 Å². The number of carbonyl (C=O) groups is 1. The monoisotopic (exact) mass is 425 g/mol. The molecule has 3 rings (SSSR count). The molecule has 2 unspecified atom stereocenters. The van der Waals surface area contributed by atoms with Gasteiger partial charge in [-0.3, -0.25) is 4.79 Å². The Balaban J connectivity index is 0.00000225. The Hall–Kier alpha value is -1.30. The normalized spacial score (nSPS) is 20.0. The first-order chi connectivity index (χ1) is 11.5. The van der Waals surface area contributed by atoms with Gasteiger partial charge in [0.1, 0.15) is 0 Å². The van der Waals surface area contributed by atoms with Crippen molar-refractivity contribution >= 4 is 34.2 Å². The van der Waals surface area contributed by atoms with E-state index in [-0.39, 0.29) is 24.4 Å². The van der Waals surface area contributed by atoms with Crippen LogP contribution in [0.3, 0.4) is 0 Å². The van der Waals surface area contributed by atoms with Crippen LogP contribution in [0.2, 0.25) is 0 Å². The first kappa shape index (κ1) is 20.0. The Morgan fingerprint density at radius 3 is 2.72 bits per heavy atom. The minimum Gasteiger partial charge on any atom is -0.349 e. The van der Waals surface area contributed by atoms with Crippen LogP contribution < -0.4 is 10.6 Å². The molecule has 1 aromatic carbocycles. The number of benzene rings is 1. The number of nitrogens with zero attached hydrogens (tertiary/aromatic N) is 1. The number of nitrogens with one attached hydrogen (secondary N) is 2. The van der Waals surface area contributed by atoms with E-state index in [0.29, 0.717) is 6.04 Å². The fraction of sp³-hybridized carbons (Fsp3) is 0.421. The van der Waals surface area contributed by atoms with Gasteiger partial charge >= 0.3 is 0 Å². The van der Waals surface area contributed by atoms with E-state index in [9.17, 15) is 4.79 Å². The van der Waals surface area contributed by atoms with Crippen molar-refractivity contribution in [2.45, 2.75) is 45.7 Å². The van der Waals surface area contributed by atoms with Crippen molar-refractivity contribution in [3.63, 3.8) is 0 Å². The molecule has 0 aliphatic carbocycles. The maximum absolute atomic E-state index is 12.8. The molecule has 2 N–H and O–H groups in total. The molecule has 2 aromatic rings. The van der Waals surface area contributed by atoms with Gasteiger partial charge in [-0.15, -0.1) is 12.4 Å². The van der Waals surface area contributed by atoms with Crippen molar-refractivity contribution in [3.8, 4) is 5.69 Å². The third-order valence-corrected chi connectivity index (χ3v) is 5.40. The van der Waals surface area contributed by atoms with Crippen molar-refractivity contribution in [2.24, 2.45) is 0 Å². The zero-order valence-corrected chi connectivity index (χ0v) is 17.2. The molecule has 0 saturated carbocycles. The van der Waals surface area contributed by atoms with Gasteiger partial charge in [-0.05, 0) is 74.3 Å². The molecule has 4 nitrogen and oxygen atoms in total. The van der Waals surface area contributed by atoms with Crippen LogP contribution in [0.1, 0.15) is 41.5 Å². The molecular weight excluding hydrogens is 402 g/mol. The maximum atomic E-state index is 12.8. The van der Waals surface area contributed by atoms with Gasteiger partial charge in [0, 0.05) is 27.9 Å². The van der Waals surface area contributed by atoms with E-state index in [2.05, 4.69) is 44.1 Å². The van der Waals surface area contributed by atoms with Crippen LogP contribution in [0.25, 0.3) is 5.69 Å². The van der Waals surface area contributed by atoms with E-state index in [4.69, 9.17) is 0 Å². The predicted molar refractivity (Wildman–Crippen MR) is 108 cm³/mol. The summed E-state index contributed by atoms with van der Waals surface area (Å²) < 4.78 is 3.15. The third-order valence-electron chi connectivity index (χ3n) is 4.73. The second-order valence-corrected chi connectivity index (χ2v) is 7.48. The number of aryl methyl sites for hydroxylation is 1. The predicted octanol–water partition coefficient (Wildman–Crippen LogP) is 4.15. The van der Waals surface area contributed by atoms with Gasteiger partial charge in [0.2, 0.25) is 0 Å². The minimum absolute atomic E-state index is 0. The SMILES string of the molecule is Cc1cc(C(=O)NC2CCNC(C)C2)c(C)n1-c1ccccc1Br.Cl. The Kier molecular flexibility index (Phi) is 6.72. The fourth-order valence-corrected chi connectivity index (χ4v) is 3.98. The summed E-state index contributed by atoms with van der Waals surface area (Å²) in [5.74, 6) is 0.0282. The molecule has 0 bridgehead atoms. The van der Waals surface area contributed by atoms with Crippen LogP contribution in [-0.2, 0) is 0 Å². The largest absolute Gasteiger partial charge is 0.349 e. The summed E-state index contributed by atoms with van der Waals surface area (Å²) >= 11 is 3.61. The lowest BCUT2D eigenvalue weighted by molar-refractivity contribution is 0.0925. The van der Waals surface area contributed by atoms with Gasteiger partial charge in [0.05, 0.1) is 11.3 Å². The summed E-state index contributed by atoms with van der Waals surface area (Å²) in [7, 11) is 0. The van der Waals surface area contributed by atoms with Crippen LogP contribution in [0, 0.1) is 13.8 Å². The number of halogens is 2. The second-order valence-electron chi connectivity index (χ2n) is 6.62. The molecule has 1 saturated heterocycles. The number of piperidine rings is 1. The number of hydrogen-bond acceptors (Lipinski definition) is 2. The van der Waals surface area contributed by atoms with Crippen molar-refractivity contribution in [3.05, 3.63) is 51.8 Å². The van der Waals surface area contributed by atoms with Gasteiger partial charge < -0.3 is 15.2 Å². The quantitative estimate of drug-likeness (QED) is 0.774.